The van der Waals surface area contributed by atoms with Crippen LogP contribution in [0.25, 0.3) is 11.4 Å². The van der Waals surface area contributed by atoms with Gasteiger partial charge in [0.15, 0.2) is 11.2 Å². The summed E-state index contributed by atoms with van der Waals surface area (Å²) in [5.41, 5.74) is 1.21. The third-order valence-electron chi connectivity index (χ3n) is 7.17. The molecule has 3 aromatic heterocycles. The first-order valence-electron chi connectivity index (χ1n) is 12.9. The molecule has 2 aliphatic rings. The third-order valence-corrected chi connectivity index (χ3v) is 7.61. The highest BCUT2D eigenvalue weighted by atomic mass is 35.5. The van der Waals surface area contributed by atoms with Gasteiger partial charge in [-0.25, -0.2) is 9.97 Å². The van der Waals surface area contributed by atoms with Crippen molar-refractivity contribution < 1.29 is 19.1 Å². The van der Waals surface area contributed by atoms with Crippen molar-refractivity contribution in [3.63, 3.8) is 0 Å². The normalized spacial score (nSPS) is 17.3. The van der Waals surface area contributed by atoms with E-state index in [4.69, 9.17) is 37.7 Å². The number of aromatic nitrogens is 5. The van der Waals surface area contributed by atoms with Gasteiger partial charge in [0, 0.05) is 34.7 Å². The molecule has 210 valence electrons. The number of carbonyl (C=O) groups excluding carboxylic acids is 2. The number of imidazole rings is 1. The molecule has 1 N–H and O–H groups in total. The molecule has 0 fully saturated rings. The van der Waals surface area contributed by atoms with Crippen LogP contribution in [-0.2, 0) is 10.3 Å². The fourth-order valence-corrected chi connectivity index (χ4v) is 5.91. The van der Waals surface area contributed by atoms with E-state index in [9.17, 15) is 9.59 Å². The number of nitrogens with zero attached hydrogens (tertiary/aromatic N) is 6. The Bertz CT molecular complexity index is 1760. The number of nitrogens with one attached hydrogen (secondary N) is 1. The number of benzene rings is 1. The first-order chi connectivity index (χ1) is 19.6. The van der Waals surface area contributed by atoms with Gasteiger partial charge < -0.3 is 19.4 Å². The Morgan fingerprint density at radius 3 is 2.56 bits per heavy atom. The van der Waals surface area contributed by atoms with Crippen LogP contribution in [0.4, 0.5) is 11.4 Å². The predicted octanol–water partition coefficient (Wildman–Crippen LogP) is 5.19. The van der Waals surface area contributed by atoms with Crippen molar-refractivity contribution in [2.45, 2.75) is 39.3 Å². The summed E-state index contributed by atoms with van der Waals surface area (Å²) in [5.74, 6) is -0.347. The average Bonchev–Trinajstić information content (AvgIpc) is 3.54. The molecule has 5 heterocycles. The quantitative estimate of drug-likeness (QED) is 0.323. The second kappa shape index (κ2) is 9.71. The highest BCUT2D eigenvalue weighted by Gasteiger charge is 2.64. The molecule has 0 radical (unpaired) electrons. The molecule has 13 heteroatoms. The molecule has 11 nitrogen and oxygen atoms in total. The molecule has 2 aliphatic heterocycles. The Kier molecular flexibility index (Phi) is 6.39. The lowest BCUT2D eigenvalue weighted by molar-refractivity contribution is -0.119. The molecule has 1 atom stereocenters. The van der Waals surface area contributed by atoms with Crippen molar-refractivity contribution in [3.8, 4) is 23.3 Å². The summed E-state index contributed by atoms with van der Waals surface area (Å²) in [5, 5.41) is 3.70. The summed E-state index contributed by atoms with van der Waals surface area (Å²) in [6.45, 7) is 7.83. The maximum atomic E-state index is 14.4. The standard InChI is InChI=1S/C28H25Cl2N7O4/c1-6-41-27-32-12-17(24(35-27)40-5)23-34-21-22(36(23)13(2)3)28(18-8-7-15(29)9-19(18)33-26(28)39)37(25(21)38)20-10-16(30)11-31-14(20)4/h7-13H,6H2,1-5H3,(H,33,39)/t28-/m1/s1. The minimum absolute atomic E-state index is 0.0990. The Morgan fingerprint density at radius 1 is 1.07 bits per heavy atom. The molecule has 0 saturated carbocycles. The average molecular weight is 594 g/mol. The molecule has 1 spiro atoms. The van der Waals surface area contributed by atoms with Gasteiger partial charge >= 0.3 is 6.01 Å². The number of carbonyl (C=O) groups is 2. The van der Waals surface area contributed by atoms with Gasteiger partial charge in [0.2, 0.25) is 5.88 Å². The second-order valence-electron chi connectivity index (χ2n) is 9.86. The molecule has 0 unspecified atom stereocenters. The summed E-state index contributed by atoms with van der Waals surface area (Å²) < 4.78 is 12.9. The van der Waals surface area contributed by atoms with Crippen LogP contribution in [0.1, 0.15) is 54.3 Å². The minimum Gasteiger partial charge on any atom is -0.480 e. The van der Waals surface area contributed by atoms with E-state index < -0.39 is 17.4 Å². The van der Waals surface area contributed by atoms with Crippen molar-refractivity contribution in [2.75, 3.05) is 23.9 Å². The molecule has 2 amide bonds. The molecule has 41 heavy (non-hydrogen) atoms. The minimum atomic E-state index is -1.64. The first kappa shape index (κ1) is 27.0. The van der Waals surface area contributed by atoms with E-state index in [0.29, 0.717) is 56.4 Å². The number of anilines is 2. The Morgan fingerprint density at radius 2 is 1.85 bits per heavy atom. The van der Waals surface area contributed by atoms with Crippen LogP contribution in [0.2, 0.25) is 10.0 Å². The van der Waals surface area contributed by atoms with Crippen LogP contribution >= 0.6 is 23.2 Å². The number of hydrogen-bond acceptors (Lipinski definition) is 8. The molecule has 0 aliphatic carbocycles. The second-order valence-corrected chi connectivity index (χ2v) is 10.7. The monoisotopic (exact) mass is 593 g/mol. The van der Waals surface area contributed by atoms with E-state index >= 15 is 0 Å². The maximum Gasteiger partial charge on any atom is 0.319 e. The number of hydrogen-bond donors (Lipinski definition) is 1. The number of halogens is 2. The van der Waals surface area contributed by atoms with Gasteiger partial charge in [-0.15, -0.1) is 0 Å². The number of fused-ring (bicyclic) bond motifs is 4. The zero-order valence-corrected chi connectivity index (χ0v) is 24.3. The SMILES string of the molecule is CCOc1ncc(-c2nc3c(n2C(C)C)[C@]2(C(=O)Nc4cc(Cl)ccc42)N(c2cc(Cl)cnc2C)C3=O)c(OC)n1. The summed E-state index contributed by atoms with van der Waals surface area (Å²) in [6.07, 6.45) is 3.03. The number of ether oxygens (including phenoxy) is 2. The number of pyridine rings is 1. The van der Waals surface area contributed by atoms with Gasteiger partial charge in [0.25, 0.3) is 11.8 Å². The molecule has 1 aromatic carbocycles. The van der Waals surface area contributed by atoms with Crippen LogP contribution < -0.4 is 19.7 Å². The van der Waals surface area contributed by atoms with E-state index in [2.05, 4.69) is 20.3 Å². The number of rotatable bonds is 6. The van der Waals surface area contributed by atoms with Gasteiger partial charge in [-0.1, -0.05) is 29.3 Å². The van der Waals surface area contributed by atoms with Gasteiger partial charge in [0.05, 0.1) is 41.4 Å². The fraction of sp³-hybridized carbons (Fsp3) is 0.286. The smallest absolute Gasteiger partial charge is 0.319 e. The van der Waals surface area contributed by atoms with E-state index in [0.717, 1.165) is 0 Å². The zero-order valence-electron chi connectivity index (χ0n) is 22.8. The fourth-order valence-electron chi connectivity index (χ4n) is 5.58. The van der Waals surface area contributed by atoms with E-state index in [1.807, 2.05) is 25.3 Å². The molecule has 4 aromatic rings. The van der Waals surface area contributed by atoms with Gasteiger partial charge in [0.1, 0.15) is 5.82 Å². The Hall–Kier alpha value is -4.22. The molecular formula is C28H25Cl2N7O4. The van der Waals surface area contributed by atoms with E-state index in [1.54, 1.807) is 31.2 Å². The third kappa shape index (κ3) is 3.79. The van der Waals surface area contributed by atoms with Crippen LogP contribution in [0.15, 0.2) is 36.7 Å². The van der Waals surface area contributed by atoms with Gasteiger partial charge in [-0.05, 0) is 45.9 Å². The lowest BCUT2D eigenvalue weighted by Crippen LogP contribution is -2.51. The highest BCUT2D eigenvalue weighted by molar-refractivity contribution is 6.32. The number of methoxy groups -OCH3 is 1. The molecular weight excluding hydrogens is 569 g/mol. The summed E-state index contributed by atoms with van der Waals surface area (Å²) >= 11 is 12.7. The highest BCUT2D eigenvalue weighted by Crippen LogP contribution is 2.55. The van der Waals surface area contributed by atoms with Crippen molar-refractivity contribution >= 4 is 46.4 Å². The van der Waals surface area contributed by atoms with Crippen LogP contribution in [0.3, 0.4) is 0 Å². The molecule has 6 rings (SSSR count). The number of aryl methyl sites for hydroxylation is 1. The van der Waals surface area contributed by atoms with Crippen molar-refractivity contribution in [1.29, 1.82) is 0 Å². The van der Waals surface area contributed by atoms with Crippen molar-refractivity contribution in [2.24, 2.45) is 0 Å². The van der Waals surface area contributed by atoms with Crippen LogP contribution in [-0.4, -0.2) is 50.0 Å². The van der Waals surface area contributed by atoms with Crippen LogP contribution in [0, 0.1) is 6.92 Å². The van der Waals surface area contributed by atoms with Gasteiger partial charge in [-0.2, -0.15) is 4.98 Å². The first-order valence-corrected chi connectivity index (χ1v) is 13.6. The molecule has 0 bridgehead atoms. The lowest BCUT2D eigenvalue weighted by atomic mass is 9.87. The summed E-state index contributed by atoms with van der Waals surface area (Å²) in [7, 11) is 1.48. The topological polar surface area (TPSA) is 124 Å². The summed E-state index contributed by atoms with van der Waals surface area (Å²) in [6, 6.07) is 6.60. The predicted molar refractivity (Wildman–Crippen MR) is 153 cm³/mol. The van der Waals surface area contributed by atoms with Gasteiger partial charge in [-0.3, -0.25) is 19.5 Å². The zero-order chi connectivity index (χ0) is 29.2. The van der Waals surface area contributed by atoms with Crippen LogP contribution in [0.5, 0.6) is 11.9 Å². The summed E-state index contributed by atoms with van der Waals surface area (Å²) in [4.78, 5) is 48.1. The largest absolute Gasteiger partial charge is 0.480 e. The Labute approximate surface area is 245 Å². The van der Waals surface area contributed by atoms with Crippen molar-refractivity contribution in [1.82, 2.24) is 24.5 Å². The van der Waals surface area contributed by atoms with E-state index in [-0.39, 0.29) is 23.6 Å². The molecule has 0 saturated heterocycles. The maximum absolute atomic E-state index is 14.4. The Balaban J connectivity index is 1.70. The lowest BCUT2D eigenvalue weighted by Gasteiger charge is -2.36. The van der Waals surface area contributed by atoms with E-state index in [1.165, 1.54) is 24.4 Å². The number of amides is 2. The van der Waals surface area contributed by atoms with Crippen molar-refractivity contribution in [3.05, 3.63) is 69.3 Å².